The number of carbonyl (C=O) groups excluding carboxylic acids is 1. The SMILES string of the molecule is C=CCNC(=O)CCN(c1ccc(OC)cc1OC)S(C)(=O)=O. The Hall–Kier alpha value is -2.22. The molecule has 0 atom stereocenters. The van der Waals surface area contributed by atoms with E-state index in [1.54, 1.807) is 24.3 Å². The Kier molecular flexibility index (Phi) is 6.89. The van der Waals surface area contributed by atoms with E-state index in [4.69, 9.17) is 9.47 Å². The topological polar surface area (TPSA) is 84.9 Å². The van der Waals surface area contributed by atoms with Gasteiger partial charge in [-0.15, -0.1) is 6.58 Å². The van der Waals surface area contributed by atoms with E-state index in [-0.39, 0.29) is 18.9 Å². The highest BCUT2D eigenvalue weighted by Gasteiger charge is 2.22. The summed E-state index contributed by atoms with van der Waals surface area (Å²) in [5, 5.41) is 2.61. The molecule has 0 unspecified atom stereocenters. The molecule has 7 nitrogen and oxygen atoms in total. The van der Waals surface area contributed by atoms with Gasteiger partial charge in [-0.25, -0.2) is 8.42 Å². The van der Waals surface area contributed by atoms with E-state index in [0.29, 0.717) is 23.7 Å². The first-order valence-corrected chi connectivity index (χ1v) is 8.75. The molecule has 1 amide bonds. The average molecular weight is 342 g/mol. The number of nitrogens with zero attached hydrogens (tertiary/aromatic N) is 1. The first kappa shape index (κ1) is 18.8. The van der Waals surface area contributed by atoms with Crippen LogP contribution in [0.1, 0.15) is 6.42 Å². The number of carbonyl (C=O) groups is 1. The van der Waals surface area contributed by atoms with E-state index in [1.807, 2.05) is 0 Å². The summed E-state index contributed by atoms with van der Waals surface area (Å²) in [6.45, 7) is 3.85. The van der Waals surface area contributed by atoms with Crippen LogP contribution in [0.15, 0.2) is 30.9 Å². The standard InChI is InChI=1S/C15H22N2O5S/c1-5-9-16-15(18)8-10-17(23(4,19)20)13-7-6-12(21-2)11-14(13)22-3/h5-7,11H,1,8-10H2,2-4H3,(H,16,18). The fourth-order valence-corrected chi connectivity index (χ4v) is 2.86. The summed E-state index contributed by atoms with van der Waals surface area (Å²) in [6.07, 6.45) is 2.66. The van der Waals surface area contributed by atoms with Crippen molar-refractivity contribution in [2.45, 2.75) is 6.42 Å². The van der Waals surface area contributed by atoms with E-state index < -0.39 is 10.0 Å². The fraction of sp³-hybridized carbons (Fsp3) is 0.400. The van der Waals surface area contributed by atoms with Crippen LogP contribution in [0.3, 0.4) is 0 Å². The van der Waals surface area contributed by atoms with Gasteiger partial charge in [0.05, 0.1) is 26.2 Å². The molecule has 1 N–H and O–H groups in total. The molecular weight excluding hydrogens is 320 g/mol. The van der Waals surface area contributed by atoms with Crippen molar-refractivity contribution < 1.29 is 22.7 Å². The van der Waals surface area contributed by atoms with E-state index >= 15 is 0 Å². The molecule has 1 aromatic rings. The van der Waals surface area contributed by atoms with Crippen molar-refractivity contribution in [3.63, 3.8) is 0 Å². The Labute approximate surface area is 136 Å². The molecule has 0 fully saturated rings. The van der Waals surface area contributed by atoms with Crippen LogP contribution in [0, 0.1) is 0 Å². The number of anilines is 1. The van der Waals surface area contributed by atoms with Gasteiger partial charge in [-0.1, -0.05) is 6.08 Å². The third-order valence-electron chi connectivity index (χ3n) is 3.04. The third kappa shape index (κ3) is 5.48. The number of rotatable bonds is 9. The quantitative estimate of drug-likeness (QED) is 0.681. The molecule has 128 valence electrons. The van der Waals surface area contributed by atoms with Gasteiger partial charge < -0.3 is 14.8 Å². The molecule has 0 spiro atoms. The minimum Gasteiger partial charge on any atom is -0.497 e. The first-order valence-electron chi connectivity index (χ1n) is 6.90. The van der Waals surface area contributed by atoms with Gasteiger partial charge in [0.2, 0.25) is 15.9 Å². The first-order chi connectivity index (χ1) is 10.8. The average Bonchev–Trinajstić information content (AvgIpc) is 2.51. The number of hydrogen-bond acceptors (Lipinski definition) is 5. The normalized spacial score (nSPS) is 10.7. The second-order valence-corrected chi connectivity index (χ2v) is 6.62. The summed E-state index contributed by atoms with van der Waals surface area (Å²) < 4.78 is 35.6. The van der Waals surface area contributed by atoms with Crippen molar-refractivity contribution in [2.24, 2.45) is 0 Å². The van der Waals surface area contributed by atoms with Crippen LogP contribution in [0.2, 0.25) is 0 Å². The van der Waals surface area contributed by atoms with Crippen molar-refractivity contribution in [1.82, 2.24) is 5.32 Å². The van der Waals surface area contributed by atoms with Crippen molar-refractivity contribution in [3.05, 3.63) is 30.9 Å². The van der Waals surface area contributed by atoms with Gasteiger partial charge in [-0.05, 0) is 12.1 Å². The van der Waals surface area contributed by atoms with E-state index in [1.165, 1.54) is 14.2 Å². The Balaban J connectivity index is 3.04. The van der Waals surface area contributed by atoms with Crippen molar-refractivity contribution in [3.8, 4) is 11.5 Å². The molecule has 0 heterocycles. The second-order valence-electron chi connectivity index (χ2n) is 4.72. The number of hydrogen-bond donors (Lipinski definition) is 1. The second kappa shape index (κ2) is 8.42. The molecular formula is C15H22N2O5S. The lowest BCUT2D eigenvalue weighted by molar-refractivity contribution is -0.120. The number of benzene rings is 1. The van der Waals surface area contributed by atoms with Crippen LogP contribution in [-0.4, -0.2) is 47.9 Å². The Bertz CT molecular complexity index is 658. The van der Waals surface area contributed by atoms with Gasteiger partial charge in [0.25, 0.3) is 0 Å². The minimum atomic E-state index is -3.57. The molecule has 8 heteroatoms. The predicted octanol–water partition coefficient (Wildman–Crippen LogP) is 1.16. The smallest absolute Gasteiger partial charge is 0.232 e. The van der Waals surface area contributed by atoms with Crippen LogP contribution >= 0.6 is 0 Å². The van der Waals surface area contributed by atoms with Crippen LogP contribution < -0.4 is 19.1 Å². The molecule has 0 aromatic heterocycles. The largest absolute Gasteiger partial charge is 0.497 e. The van der Waals surface area contributed by atoms with Crippen molar-refractivity contribution in [1.29, 1.82) is 0 Å². The van der Waals surface area contributed by atoms with Crippen LogP contribution in [0.5, 0.6) is 11.5 Å². The summed E-state index contributed by atoms with van der Waals surface area (Å²) >= 11 is 0. The molecule has 0 aliphatic carbocycles. The zero-order valence-corrected chi connectivity index (χ0v) is 14.4. The molecule has 0 bridgehead atoms. The van der Waals surface area contributed by atoms with Crippen molar-refractivity contribution >= 4 is 21.6 Å². The highest BCUT2D eigenvalue weighted by molar-refractivity contribution is 7.92. The predicted molar refractivity (Wildman–Crippen MR) is 89.6 cm³/mol. The number of nitrogens with one attached hydrogen (secondary N) is 1. The molecule has 0 saturated heterocycles. The Morgan fingerprint density at radius 2 is 2.04 bits per heavy atom. The molecule has 0 aliphatic rings. The lowest BCUT2D eigenvalue weighted by Crippen LogP contribution is -2.35. The molecule has 1 aromatic carbocycles. The molecule has 0 radical (unpaired) electrons. The molecule has 0 saturated carbocycles. The Morgan fingerprint density at radius 3 is 2.57 bits per heavy atom. The summed E-state index contributed by atoms with van der Waals surface area (Å²) in [7, 11) is -0.627. The highest BCUT2D eigenvalue weighted by atomic mass is 32.2. The van der Waals surface area contributed by atoms with Gasteiger partial charge in [-0.3, -0.25) is 9.10 Å². The van der Waals surface area contributed by atoms with Gasteiger partial charge in [-0.2, -0.15) is 0 Å². The molecule has 1 rings (SSSR count). The monoisotopic (exact) mass is 342 g/mol. The van der Waals surface area contributed by atoms with E-state index in [0.717, 1.165) is 10.6 Å². The van der Waals surface area contributed by atoms with Gasteiger partial charge in [0, 0.05) is 25.6 Å². The van der Waals surface area contributed by atoms with E-state index in [2.05, 4.69) is 11.9 Å². The van der Waals surface area contributed by atoms with Crippen LogP contribution in [-0.2, 0) is 14.8 Å². The zero-order valence-electron chi connectivity index (χ0n) is 13.5. The maximum atomic E-state index is 12.1. The lowest BCUT2D eigenvalue weighted by atomic mass is 10.2. The third-order valence-corrected chi connectivity index (χ3v) is 4.22. The van der Waals surface area contributed by atoms with Gasteiger partial charge >= 0.3 is 0 Å². The summed E-state index contributed by atoms with van der Waals surface area (Å²) in [6, 6.07) is 4.81. The van der Waals surface area contributed by atoms with Crippen LogP contribution in [0.4, 0.5) is 5.69 Å². The zero-order chi connectivity index (χ0) is 17.5. The number of sulfonamides is 1. The molecule has 0 aliphatic heterocycles. The summed E-state index contributed by atoms with van der Waals surface area (Å²) in [5.74, 6) is 0.634. The maximum absolute atomic E-state index is 12.1. The van der Waals surface area contributed by atoms with Crippen molar-refractivity contribution in [2.75, 3.05) is 37.9 Å². The Morgan fingerprint density at radius 1 is 1.35 bits per heavy atom. The summed E-state index contributed by atoms with van der Waals surface area (Å²) in [5.41, 5.74) is 0.354. The van der Waals surface area contributed by atoms with Gasteiger partial charge in [0.15, 0.2) is 0 Å². The highest BCUT2D eigenvalue weighted by Crippen LogP contribution is 2.33. The van der Waals surface area contributed by atoms with Crippen LogP contribution in [0.25, 0.3) is 0 Å². The van der Waals surface area contributed by atoms with Gasteiger partial charge in [0.1, 0.15) is 11.5 Å². The summed E-state index contributed by atoms with van der Waals surface area (Å²) in [4.78, 5) is 11.7. The number of amides is 1. The van der Waals surface area contributed by atoms with E-state index in [9.17, 15) is 13.2 Å². The number of ether oxygens (including phenoxy) is 2. The lowest BCUT2D eigenvalue weighted by Gasteiger charge is -2.24. The maximum Gasteiger partial charge on any atom is 0.232 e. The fourth-order valence-electron chi connectivity index (χ4n) is 1.93. The number of methoxy groups -OCH3 is 2. The molecule has 23 heavy (non-hydrogen) atoms. The minimum absolute atomic E-state index is 0.00446.